The molecular formula is C13H19N3O3. The zero-order chi connectivity index (χ0) is 14.2. The van der Waals surface area contributed by atoms with Gasteiger partial charge < -0.3 is 15.0 Å². The molecule has 0 saturated heterocycles. The molecule has 104 valence electrons. The molecule has 1 unspecified atom stereocenters. The monoisotopic (exact) mass is 265 g/mol. The third kappa shape index (κ3) is 2.68. The Kier molecular flexibility index (Phi) is 3.71. The summed E-state index contributed by atoms with van der Waals surface area (Å²) >= 11 is 0. The van der Waals surface area contributed by atoms with Gasteiger partial charge in [-0.3, -0.25) is 9.59 Å². The summed E-state index contributed by atoms with van der Waals surface area (Å²) < 4.78 is 0. The van der Waals surface area contributed by atoms with Gasteiger partial charge in [0, 0.05) is 13.0 Å². The lowest BCUT2D eigenvalue weighted by atomic mass is 10.2. The van der Waals surface area contributed by atoms with E-state index in [0.717, 1.165) is 12.8 Å². The lowest BCUT2D eigenvalue weighted by molar-refractivity contribution is 0.0679. The molecule has 1 aromatic heterocycles. The SMILES string of the molecule is Cc1nc(C2CC2)[nH]c(=O)c1C(=O)N(C)C(C)CO. The molecular weight excluding hydrogens is 246 g/mol. The summed E-state index contributed by atoms with van der Waals surface area (Å²) in [6.07, 6.45) is 2.08. The first-order valence-corrected chi connectivity index (χ1v) is 6.44. The molecule has 0 radical (unpaired) electrons. The Morgan fingerprint density at radius 3 is 2.68 bits per heavy atom. The second-order valence-electron chi connectivity index (χ2n) is 5.13. The van der Waals surface area contributed by atoms with Crippen LogP contribution in [0.5, 0.6) is 0 Å². The lowest BCUT2D eigenvalue weighted by Gasteiger charge is -2.23. The zero-order valence-corrected chi connectivity index (χ0v) is 11.4. The van der Waals surface area contributed by atoms with Crippen LogP contribution in [-0.4, -0.2) is 45.6 Å². The first kappa shape index (κ1) is 13.7. The van der Waals surface area contributed by atoms with Crippen LogP contribution in [0, 0.1) is 6.92 Å². The Bertz CT molecular complexity index is 549. The van der Waals surface area contributed by atoms with Crippen molar-refractivity contribution in [1.82, 2.24) is 14.9 Å². The van der Waals surface area contributed by atoms with E-state index in [4.69, 9.17) is 5.11 Å². The fourth-order valence-corrected chi connectivity index (χ4v) is 1.91. The van der Waals surface area contributed by atoms with Crippen molar-refractivity contribution in [3.8, 4) is 0 Å². The van der Waals surface area contributed by atoms with E-state index < -0.39 is 11.5 Å². The van der Waals surface area contributed by atoms with Gasteiger partial charge in [0.1, 0.15) is 11.4 Å². The molecule has 0 bridgehead atoms. The topological polar surface area (TPSA) is 86.3 Å². The summed E-state index contributed by atoms with van der Waals surface area (Å²) in [6, 6.07) is -0.339. The molecule has 2 N–H and O–H groups in total. The predicted octanol–water partition coefficient (Wildman–Crippen LogP) is 0.409. The van der Waals surface area contributed by atoms with Crippen molar-refractivity contribution < 1.29 is 9.90 Å². The first-order valence-electron chi connectivity index (χ1n) is 6.44. The van der Waals surface area contributed by atoms with Crippen LogP contribution >= 0.6 is 0 Å². The minimum Gasteiger partial charge on any atom is -0.394 e. The summed E-state index contributed by atoms with van der Waals surface area (Å²) in [5.41, 5.74) is 0.122. The quantitative estimate of drug-likeness (QED) is 0.825. The van der Waals surface area contributed by atoms with Gasteiger partial charge in [-0.2, -0.15) is 0 Å². The Labute approximate surface area is 111 Å². The van der Waals surface area contributed by atoms with Gasteiger partial charge in [-0.1, -0.05) is 0 Å². The molecule has 1 heterocycles. The predicted molar refractivity (Wildman–Crippen MR) is 70.2 cm³/mol. The van der Waals surface area contributed by atoms with Crippen LogP contribution in [0.25, 0.3) is 0 Å². The fourth-order valence-electron chi connectivity index (χ4n) is 1.91. The highest BCUT2D eigenvalue weighted by atomic mass is 16.3. The molecule has 0 aliphatic heterocycles. The number of rotatable bonds is 4. The summed E-state index contributed by atoms with van der Waals surface area (Å²) in [6.45, 7) is 3.24. The molecule has 6 nitrogen and oxygen atoms in total. The fraction of sp³-hybridized carbons (Fsp3) is 0.615. The molecule has 1 aliphatic carbocycles. The summed E-state index contributed by atoms with van der Waals surface area (Å²) in [5.74, 6) is 0.608. The molecule has 1 aliphatic rings. The highest BCUT2D eigenvalue weighted by Gasteiger charge is 2.29. The van der Waals surface area contributed by atoms with Gasteiger partial charge in [-0.15, -0.1) is 0 Å². The number of nitrogens with one attached hydrogen (secondary N) is 1. The molecule has 0 spiro atoms. The third-order valence-corrected chi connectivity index (χ3v) is 3.54. The van der Waals surface area contributed by atoms with Crippen LogP contribution in [0.2, 0.25) is 0 Å². The molecule has 1 saturated carbocycles. The van der Waals surface area contributed by atoms with Gasteiger partial charge in [-0.05, 0) is 26.7 Å². The van der Waals surface area contributed by atoms with Crippen molar-refractivity contribution in [2.75, 3.05) is 13.7 Å². The van der Waals surface area contributed by atoms with Crippen LogP contribution < -0.4 is 5.56 Å². The number of nitrogens with zero attached hydrogens (tertiary/aromatic N) is 2. The summed E-state index contributed by atoms with van der Waals surface area (Å²) in [4.78, 5) is 32.7. The lowest BCUT2D eigenvalue weighted by Crippen LogP contribution is -2.40. The van der Waals surface area contributed by atoms with Gasteiger partial charge in [0.25, 0.3) is 11.5 Å². The van der Waals surface area contributed by atoms with Crippen LogP contribution in [-0.2, 0) is 0 Å². The molecule has 1 aromatic rings. The average molecular weight is 265 g/mol. The second-order valence-corrected chi connectivity index (χ2v) is 5.13. The Balaban J connectivity index is 2.34. The Morgan fingerprint density at radius 1 is 1.58 bits per heavy atom. The van der Waals surface area contributed by atoms with Gasteiger partial charge in [0.15, 0.2) is 0 Å². The van der Waals surface area contributed by atoms with Crippen LogP contribution in [0.15, 0.2) is 4.79 Å². The summed E-state index contributed by atoms with van der Waals surface area (Å²) in [7, 11) is 1.57. The number of likely N-dealkylation sites (N-methyl/N-ethyl adjacent to an activating group) is 1. The standard InChI is InChI=1S/C13H19N3O3/c1-7(6-17)16(3)13(19)10-8(2)14-11(9-4-5-9)15-12(10)18/h7,9,17H,4-6H2,1-3H3,(H,14,15,18). The van der Waals surface area contributed by atoms with E-state index in [1.807, 2.05) is 0 Å². The van der Waals surface area contributed by atoms with Crippen LogP contribution in [0.1, 0.15) is 47.6 Å². The summed E-state index contributed by atoms with van der Waals surface area (Å²) in [5, 5.41) is 9.07. The highest BCUT2D eigenvalue weighted by Crippen LogP contribution is 2.37. The number of aromatic amines is 1. The molecule has 2 rings (SSSR count). The molecule has 0 aromatic carbocycles. The minimum atomic E-state index is -0.407. The molecule has 1 atom stereocenters. The number of aliphatic hydroxyl groups is 1. The highest BCUT2D eigenvalue weighted by molar-refractivity contribution is 5.94. The number of aromatic nitrogens is 2. The zero-order valence-electron chi connectivity index (χ0n) is 11.4. The molecule has 1 amide bonds. The van der Waals surface area contributed by atoms with E-state index in [1.165, 1.54) is 4.90 Å². The van der Waals surface area contributed by atoms with Gasteiger partial charge >= 0.3 is 0 Å². The second kappa shape index (κ2) is 5.13. The van der Waals surface area contributed by atoms with E-state index in [2.05, 4.69) is 9.97 Å². The smallest absolute Gasteiger partial charge is 0.264 e. The van der Waals surface area contributed by atoms with Crippen molar-refractivity contribution in [3.63, 3.8) is 0 Å². The number of hydrogen-bond acceptors (Lipinski definition) is 4. The van der Waals surface area contributed by atoms with E-state index in [-0.39, 0.29) is 18.2 Å². The number of carbonyl (C=O) groups is 1. The Morgan fingerprint density at radius 2 is 2.21 bits per heavy atom. The van der Waals surface area contributed by atoms with Crippen molar-refractivity contribution in [2.45, 2.75) is 38.6 Å². The van der Waals surface area contributed by atoms with E-state index in [1.54, 1.807) is 20.9 Å². The number of aliphatic hydroxyl groups excluding tert-OH is 1. The van der Waals surface area contributed by atoms with E-state index >= 15 is 0 Å². The molecule has 1 fully saturated rings. The first-order chi connectivity index (χ1) is 8.95. The van der Waals surface area contributed by atoms with E-state index in [9.17, 15) is 9.59 Å². The van der Waals surface area contributed by atoms with Gasteiger partial charge in [0.2, 0.25) is 0 Å². The maximum absolute atomic E-state index is 12.2. The normalized spacial score (nSPS) is 16.2. The largest absolute Gasteiger partial charge is 0.394 e. The van der Waals surface area contributed by atoms with Crippen molar-refractivity contribution in [1.29, 1.82) is 0 Å². The minimum absolute atomic E-state index is 0.0622. The van der Waals surface area contributed by atoms with Crippen molar-refractivity contribution in [2.24, 2.45) is 0 Å². The van der Waals surface area contributed by atoms with E-state index in [0.29, 0.717) is 17.4 Å². The van der Waals surface area contributed by atoms with Crippen molar-refractivity contribution in [3.05, 3.63) is 27.4 Å². The molecule has 19 heavy (non-hydrogen) atoms. The van der Waals surface area contributed by atoms with Crippen molar-refractivity contribution >= 4 is 5.91 Å². The average Bonchev–Trinajstić information content (AvgIpc) is 3.19. The molecule has 6 heteroatoms. The maximum atomic E-state index is 12.2. The number of carbonyl (C=O) groups excluding carboxylic acids is 1. The van der Waals surface area contributed by atoms with Crippen LogP contribution in [0.3, 0.4) is 0 Å². The number of H-pyrrole nitrogens is 1. The number of hydrogen-bond donors (Lipinski definition) is 2. The number of aryl methyl sites for hydroxylation is 1. The Hall–Kier alpha value is -1.69. The van der Waals surface area contributed by atoms with Crippen LogP contribution in [0.4, 0.5) is 0 Å². The van der Waals surface area contributed by atoms with Gasteiger partial charge in [0.05, 0.1) is 18.3 Å². The maximum Gasteiger partial charge on any atom is 0.264 e. The van der Waals surface area contributed by atoms with Gasteiger partial charge in [-0.25, -0.2) is 4.98 Å². The third-order valence-electron chi connectivity index (χ3n) is 3.54. The number of amides is 1.